The largest absolute Gasteiger partial charge is 0.416 e. The Kier molecular flexibility index (Phi) is 7.16. The molecule has 0 bridgehead atoms. The number of pyridine rings is 2. The van der Waals surface area contributed by atoms with Crippen molar-refractivity contribution in [2.75, 3.05) is 0 Å². The fourth-order valence-electron chi connectivity index (χ4n) is 4.41. The van der Waals surface area contributed by atoms with Crippen molar-refractivity contribution in [1.82, 2.24) is 25.0 Å². The quantitative estimate of drug-likeness (QED) is 0.163. The summed E-state index contributed by atoms with van der Waals surface area (Å²) < 4.78 is 82.1. The summed E-state index contributed by atoms with van der Waals surface area (Å²) in [7, 11) is 0. The lowest BCUT2D eigenvalue weighted by Gasteiger charge is -2.15. The molecule has 0 spiro atoms. The molecular weight excluding hydrogens is 548 g/mol. The summed E-state index contributed by atoms with van der Waals surface area (Å²) in [6, 6.07) is 14.6. The first kappa shape index (κ1) is 27.7. The van der Waals surface area contributed by atoms with Crippen molar-refractivity contribution in [2.24, 2.45) is 0 Å². The van der Waals surface area contributed by atoms with Crippen molar-refractivity contribution >= 4 is 5.78 Å². The highest BCUT2D eigenvalue weighted by molar-refractivity contribution is 6.13. The van der Waals surface area contributed by atoms with Crippen LogP contribution in [0.3, 0.4) is 0 Å². The maximum Gasteiger partial charge on any atom is 0.416 e. The zero-order valence-electron chi connectivity index (χ0n) is 21.2. The van der Waals surface area contributed by atoms with Crippen LogP contribution in [0.2, 0.25) is 0 Å². The number of nitrogens with zero attached hydrogens (tertiary/aromatic N) is 5. The molecule has 0 aliphatic heterocycles. The first-order valence-corrected chi connectivity index (χ1v) is 12.1. The zero-order chi connectivity index (χ0) is 29.4. The minimum atomic E-state index is -5.00. The molecular formula is C29H19F6N5O. The normalized spacial score (nSPS) is 12.0. The van der Waals surface area contributed by atoms with Gasteiger partial charge >= 0.3 is 12.4 Å². The number of hydrogen-bond acceptors (Lipinski definition) is 5. The maximum absolute atomic E-state index is 13.6. The topological polar surface area (TPSA) is 73.6 Å². The van der Waals surface area contributed by atoms with Crippen LogP contribution in [-0.4, -0.2) is 30.7 Å². The van der Waals surface area contributed by atoms with Crippen molar-refractivity contribution in [3.05, 3.63) is 119 Å². The molecule has 6 nitrogen and oxygen atoms in total. The second kappa shape index (κ2) is 10.6. The van der Waals surface area contributed by atoms with E-state index in [2.05, 4.69) is 20.3 Å². The first-order chi connectivity index (χ1) is 19.4. The third-order valence-electron chi connectivity index (χ3n) is 6.33. The Morgan fingerprint density at radius 1 is 0.780 bits per heavy atom. The monoisotopic (exact) mass is 567 g/mol. The second-order valence-electron chi connectivity index (χ2n) is 9.14. The summed E-state index contributed by atoms with van der Waals surface area (Å²) in [4.78, 5) is 21.9. The van der Waals surface area contributed by atoms with Gasteiger partial charge in [-0.1, -0.05) is 29.5 Å². The van der Waals surface area contributed by atoms with Crippen molar-refractivity contribution in [1.29, 1.82) is 0 Å². The van der Waals surface area contributed by atoms with Gasteiger partial charge in [-0.25, -0.2) is 4.68 Å². The Bertz CT molecular complexity index is 1700. The van der Waals surface area contributed by atoms with Gasteiger partial charge < -0.3 is 0 Å². The number of benzene rings is 2. The minimum absolute atomic E-state index is 0.0669. The number of carbonyl (C=O) groups is 1. The molecule has 0 saturated heterocycles. The summed E-state index contributed by atoms with van der Waals surface area (Å²) in [5.74, 6) is -0.339. The van der Waals surface area contributed by atoms with E-state index in [4.69, 9.17) is 0 Å². The van der Waals surface area contributed by atoms with Crippen molar-refractivity contribution in [2.45, 2.75) is 25.8 Å². The highest BCUT2D eigenvalue weighted by atomic mass is 19.4. The smallest absolute Gasteiger partial charge is 0.289 e. The van der Waals surface area contributed by atoms with Gasteiger partial charge in [0.1, 0.15) is 11.4 Å². The fourth-order valence-corrected chi connectivity index (χ4v) is 4.41. The molecule has 0 amide bonds. The molecule has 12 heteroatoms. The van der Waals surface area contributed by atoms with Crippen molar-refractivity contribution in [3.63, 3.8) is 0 Å². The van der Waals surface area contributed by atoms with E-state index in [1.54, 1.807) is 55.5 Å². The van der Waals surface area contributed by atoms with Crippen LogP contribution in [0.5, 0.6) is 0 Å². The van der Waals surface area contributed by atoms with Gasteiger partial charge in [-0.05, 0) is 60.5 Å². The molecule has 0 atom stereocenters. The first-order valence-electron chi connectivity index (χ1n) is 12.1. The van der Waals surface area contributed by atoms with Gasteiger partial charge in [-0.2, -0.15) is 26.3 Å². The number of rotatable bonds is 6. The highest BCUT2D eigenvalue weighted by Crippen LogP contribution is 2.37. The summed E-state index contributed by atoms with van der Waals surface area (Å²) in [5, 5.41) is 8.26. The van der Waals surface area contributed by atoms with Crippen LogP contribution in [-0.2, 0) is 18.9 Å². The van der Waals surface area contributed by atoms with E-state index in [0.29, 0.717) is 23.3 Å². The van der Waals surface area contributed by atoms with E-state index < -0.39 is 30.0 Å². The molecule has 41 heavy (non-hydrogen) atoms. The molecule has 0 radical (unpaired) electrons. The molecule has 0 aliphatic rings. The van der Waals surface area contributed by atoms with Crippen LogP contribution in [0, 0.1) is 6.92 Å². The average Bonchev–Trinajstić information content (AvgIpc) is 3.35. The fraction of sp³-hybridized carbons (Fsp3) is 0.138. The zero-order valence-corrected chi connectivity index (χ0v) is 21.2. The van der Waals surface area contributed by atoms with Crippen LogP contribution in [0.25, 0.3) is 22.6 Å². The van der Waals surface area contributed by atoms with Crippen LogP contribution >= 0.6 is 0 Å². The molecule has 2 aromatic carbocycles. The van der Waals surface area contributed by atoms with E-state index in [0.717, 1.165) is 5.56 Å². The minimum Gasteiger partial charge on any atom is -0.289 e. The molecule has 0 fully saturated rings. The summed E-state index contributed by atoms with van der Waals surface area (Å²) in [5.41, 5.74) is -0.848. The lowest BCUT2D eigenvalue weighted by atomic mass is 9.96. The molecule has 0 saturated carbocycles. The molecule has 5 rings (SSSR count). The Morgan fingerprint density at radius 3 is 2.05 bits per heavy atom. The van der Waals surface area contributed by atoms with Gasteiger partial charge in [0.05, 0.1) is 28.9 Å². The lowest BCUT2D eigenvalue weighted by Crippen LogP contribution is -2.13. The lowest BCUT2D eigenvalue weighted by molar-refractivity contribution is -0.143. The van der Waals surface area contributed by atoms with Crippen LogP contribution < -0.4 is 0 Å². The summed E-state index contributed by atoms with van der Waals surface area (Å²) >= 11 is 0. The Labute approximate surface area is 229 Å². The third kappa shape index (κ3) is 5.72. The average molecular weight is 567 g/mol. The van der Waals surface area contributed by atoms with Crippen LogP contribution in [0.4, 0.5) is 26.3 Å². The SMILES string of the molecule is Cc1ccccc1C(=O)c1cccnc1-c1nnn(Cc2cc(C(F)(F)F)cc(C(F)(F)F)c2)c1-c1ccncc1. The number of aryl methyl sites for hydroxylation is 1. The van der Waals surface area contributed by atoms with Crippen LogP contribution in [0.1, 0.15) is 38.2 Å². The number of hydrogen-bond donors (Lipinski definition) is 0. The van der Waals surface area contributed by atoms with Crippen LogP contribution in [0.15, 0.2) is 85.3 Å². The summed E-state index contributed by atoms with van der Waals surface area (Å²) in [6.45, 7) is 1.30. The van der Waals surface area contributed by atoms with Gasteiger partial charge in [0.2, 0.25) is 0 Å². The van der Waals surface area contributed by atoms with Crippen molar-refractivity contribution in [3.8, 4) is 22.6 Å². The molecule has 3 aromatic heterocycles. The molecule has 0 N–H and O–H groups in total. The van der Waals surface area contributed by atoms with Gasteiger partial charge in [0.25, 0.3) is 0 Å². The van der Waals surface area contributed by atoms with E-state index >= 15 is 0 Å². The number of carbonyl (C=O) groups excluding carboxylic acids is 1. The van der Waals surface area contributed by atoms with E-state index in [-0.39, 0.29) is 40.1 Å². The number of alkyl halides is 6. The van der Waals surface area contributed by atoms with E-state index in [1.807, 2.05) is 0 Å². The predicted molar refractivity (Wildman–Crippen MR) is 137 cm³/mol. The second-order valence-corrected chi connectivity index (χ2v) is 9.14. The molecule has 3 heterocycles. The van der Waals surface area contributed by atoms with E-state index in [9.17, 15) is 31.1 Å². The molecule has 5 aromatic rings. The van der Waals surface area contributed by atoms with Crippen molar-refractivity contribution < 1.29 is 31.1 Å². The molecule has 0 aliphatic carbocycles. The van der Waals surface area contributed by atoms with Gasteiger partial charge in [0, 0.05) is 29.7 Å². The Morgan fingerprint density at radius 2 is 1.41 bits per heavy atom. The number of aromatic nitrogens is 5. The summed E-state index contributed by atoms with van der Waals surface area (Å²) in [6.07, 6.45) is -5.64. The molecule has 208 valence electrons. The third-order valence-corrected chi connectivity index (χ3v) is 6.33. The van der Waals surface area contributed by atoms with Gasteiger partial charge in [0.15, 0.2) is 5.78 Å². The number of halogens is 6. The van der Waals surface area contributed by atoms with E-state index in [1.165, 1.54) is 23.3 Å². The van der Waals surface area contributed by atoms with Gasteiger partial charge in [-0.15, -0.1) is 5.10 Å². The standard InChI is InChI=1S/C29H19F6N5O/c1-17-5-2-3-6-22(17)27(41)23-7-4-10-37-24(23)25-26(19-8-11-36-12-9-19)40(39-38-25)16-18-13-20(28(30,31)32)15-21(14-18)29(33,34)35/h2-15H,16H2,1H3. The van der Waals surface area contributed by atoms with Gasteiger partial charge in [-0.3, -0.25) is 14.8 Å². The maximum atomic E-state index is 13.6. The molecule has 0 unspecified atom stereocenters. The Balaban J connectivity index is 1.67. The highest BCUT2D eigenvalue weighted by Gasteiger charge is 2.37. The Hall–Kier alpha value is -4.87. The predicted octanol–water partition coefficient (Wildman–Crippen LogP) is 7.03. The number of ketones is 1.